The molecule has 1 N–H and O–H groups in total. The lowest BCUT2D eigenvalue weighted by atomic mass is 10.1. The van der Waals surface area contributed by atoms with E-state index in [-0.39, 0.29) is 36.5 Å². The topological polar surface area (TPSA) is 79.6 Å². The fourth-order valence-corrected chi connectivity index (χ4v) is 4.11. The minimum Gasteiger partial charge on any atom is -0.352 e. The Morgan fingerprint density at radius 1 is 1.03 bits per heavy atom. The summed E-state index contributed by atoms with van der Waals surface area (Å²) >= 11 is 0. The number of benzene rings is 2. The SMILES string of the molecule is Cc1cc(C)n(-c2ccc(CNC(=O)CCC(=O)N3CCC(c4ccccc4)=N3)c(C(F)(F)F)c2)n1. The second kappa shape index (κ2) is 10.3. The van der Waals surface area contributed by atoms with Gasteiger partial charge in [-0.3, -0.25) is 9.59 Å². The molecule has 0 atom stereocenters. The number of hydrogen-bond acceptors (Lipinski definition) is 4. The minimum atomic E-state index is -4.60. The predicted molar refractivity (Wildman–Crippen MR) is 128 cm³/mol. The van der Waals surface area contributed by atoms with Crippen LogP contribution >= 0.6 is 0 Å². The lowest BCUT2D eigenvalue weighted by Gasteiger charge is -2.16. The highest BCUT2D eigenvalue weighted by molar-refractivity contribution is 6.02. The van der Waals surface area contributed by atoms with Crippen molar-refractivity contribution in [3.63, 3.8) is 0 Å². The van der Waals surface area contributed by atoms with E-state index < -0.39 is 17.6 Å². The smallest absolute Gasteiger partial charge is 0.352 e. The van der Waals surface area contributed by atoms with Gasteiger partial charge in [0.05, 0.1) is 29.2 Å². The molecule has 1 aliphatic heterocycles. The molecule has 188 valence electrons. The fraction of sp³-hybridized carbons (Fsp3) is 0.308. The molecule has 2 aromatic carbocycles. The van der Waals surface area contributed by atoms with Crippen molar-refractivity contribution in [2.45, 2.75) is 45.8 Å². The van der Waals surface area contributed by atoms with Crippen molar-refractivity contribution in [2.75, 3.05) is 6.54 Å². The lowest BCUT2D eigenvalue weighted by molar-refractivity contribution is -0.138. The molecule has 4 rings (SSSR count). The molecule has 2 heterocycles. The molecule has 7 nitrogen and oxygen atoms in total. The molecule has 0 aliphatic carbocycles. The Morgan fingerprint density at radius 2 is 1.78 bits per heavy atom. The van der Waals surface area contributed by atoms with Gasteiger partial charge in [-0.2, -0.15) is 23.4 Å². The average Bonchev–Trinajstić information content (AvgIpc) is 3.47. The summed E-state index contributed by atoms with van der Waals surface area (Å²) in [4.78, 5) is 24.8. The monoisotopic (exact) mass is 497 g/mol. The molecule has 0 bridgehead atoms. The van der Waals surface area contributed by atoms with E-state index in [1.807, 2.05) is 30.3 Å². The van der Waals surface area contributed by atoms with Crippen LogP contribution in [0.3, 0.4) is 0 Å². The predicted octanol–water partition coefficient (Wildman–Crippen LogP) is 4.54. The zero-order chi connectivity index (χ0) is 25.9. The number of carbonyl (C=O) groups excluding carboxylic acids is 2. The molecule has 0 fully saturated rings. The number of hydrogen-bond donors (Lipinski definition) is 1. The highest BCUT2D eigenvalue weighted by Crippen LogP contribution is 2.33. The first-order chi connectivity index (χ1) is 17.1. The van der Waals surface area contributed by atoms with Gasteiger partial charge in [-0.25, -0.2) is 9.69 Å². The number of rotatable bonds is 7. The molecule has 2 amide bonds. The van der Waals surface area contributed by atoms with Crippen LogP contribution in [0.25, 0.3) is 5.69 Å². The van der Waals surface area contributed by atoms with Crippen LogP contribution in [0, 0.1) is 13.8 Å². The van der Waals surface area contributed by atoms with Gasteiger partial charge in [0.15, 0.2) is 0 Å². The summed E-state index contributed by atoms with van der Waals surface area (Å²) in [6, 6.07) is 15.2. The number of carbonyl (C=O) groups is 2. The van der Waals surface area contributed by atoms with Crippen molar-refractivity contribution in [1.82, 2.24) is 20.1 Å². The Balaban J connectivity index is 1.35. The van der Waals surface area contributed by atoms with E-state index in [2.05, 4.69) is 15.5 Å². The van der Waals surface area contributed by atoms with Gasteiger partial charge in [-0.05, 0) is 43.2 Å². The Labute approximate surface area is 206 Å². The van der Waals surface area contributed by atoms with E-state index in [0.29, 0.717) is 24.4 Å². The van der Waals surface area contributed by atoms with E-state index in [9.17, 15) is 22.8 Å². The summed E-state index contributed by atoms with van der Waals surface area (Å²) in [5.41, 5.74) is 2.53. The lowest BCUT2D eigenvalue weighted by Crippen LogP contribution is -2.28. The summed E-state index contributed by atoms with van der Waals surface area (Å²) in [5, 5.41) is 12.4. The minimum absolute atomic E-state index is 0.0656. The molecule has 0 spiro atoms. The van der Waals surface area contributed by atoms with E-state index >= 15 is 0 Å². The van der Waals surface area contributed by atoms with Gasteiger partial charge in [-0.15, -0.1) is 0 Å². The fourth-order valence-electron chi connectivity index (χ4n) is 4.11. The van der Waals surface area contributed by atoms with Crippen molar-refractivity contribution < 1.29 is 22.8 Å². The molecule has 0 unspecified atom stereocenters. The van der Waals surface area contributed by atoms with Crippen LogP contribution < -0.4 is 5.32 Å². The Morgan fingerprint density at radius 3 is 2.44 bits per heavy atom. The first kappa shape index (κ1) is 25.2. The molecule has 3 aromatic rings. The zero-order valence-electron chi connectivity index (χ0n) is 20.0. The molecule has 0 saturated heterocycles. The number of aryl methyl sites for hydroxylation is 2. The maximum Gasteiger partial charge on any atom is 0.416 e. The molecule has 10 heteroatoms. The summed E-state index contributed by atoms with van der Waals surface area (Å²) in [6.07, 6.45) is -4.21. The maximum absolute atomic E-state index is 13.8. The first-order valence-electron chi connectivity index (χ1n) is 11.6. The summed E-state index contributed by atoms with van der Waals surface area (Å²) < 4.78 is 42.7. The van der Waals surface area contributed by atoms with Crippen LogP contribution in [0.15, 0.2) is 59.7 Å². The number of alkyl halides is 3. The van der Waals surface area contributed by atoms with Gasteiger partial charge in [0.2, 0.25) is 11.8 Å². The summed E-state index contributed by atoms with van der Waals surface area (Å²) in [6.45, 7) is 3.65. The van der Waals surface area contributed by atoms with Gasteiger partial charge >= 0.3 is 6.18 Å². The van der Waals surface area contributed by atoms with E-state index in [1.165, 1.54) is 21.8 Å². The van der Waals surface area contributed by atoms with Gasteiger partial charge in [0.1, 0.15) is 0 Å². The maximum atomic E-state index is 13.8. The Bertz CT molecular complexity index is 1300. The molecule has 0 radical (unpaired) electrons. The zero-order valence-corrected chi connectivity index (χ0v) is 20.0. The number of halogens is 3. The van der Waals surface area contributed by atoms with Gasteiger partial charge in [-0.1, -0.05) is 36.4 Å². The number of aromatic nitrogens is 2. The van der Waals surface area contributed by atoms with Crippen LogP contribution in [-0.2, 0) is 22.3 Å². The number of hydrazone groups is 1. The summed E-state index contributed by atoms with van der Waals surface area (Å²) in [7, 11) is 0. The number of nitrogens with one attached hydrogen (secondary N) is 1. The van der Waals surface area contributed by atoms with Crippen LogP contribution in [0.1, 0.15) is 47.3 Å². The standard InChI is InChI=1S/C26H26F3N5O2/c1-17-14-18(2)34(31-17)21-9-8-20(22(15-21)26(27,28)29)16-30-24(35)10-11-25(36)33-13-12-23(32-33)19-6-4-3-5-7-19/h3-9,14-15H,10-13,16H2,1-2H3,(H,30,35). The van der Waals surface area contributed by atoms with Crippen molar-refractivity contribution in [3.05, 3.63) is 82.7 Å². The number of nitrogens with zero attached hydrogens (tertiary/aromatic N) is 4. The largest absolute Gasteiger partial charge is 0.416 e. The third-order valence-electron chi connectivity index (χ3n) is 5.89. The third-order valence-corrected chi connectivity index (χ3v) is 5.89. The van der Waals surface area contributed by atoms with Crippen molar-refractivity contribution in [1.29, 1.82) is 0 Å². The van der Waals surface area contributed by atoms with E-state index in [1.54, 1.807) is 19.9 Å². The highest BCUT2D eigenvalue weighted by atomic mass is 19.4. The summed E-state index contributed by atoms with van der Waals surface area (Å²) in [5.74, 6) is -0.813. The van der Waals surface area contributed by atoms with E-state index in [0.717, 1.165) is 17.3 Å². The van der Waals surface area contributed by atoms with Gasteiger partial charge in [0.25, 0.3) is 0 Å². The molecule has 0 saturated carbocycles. The van der Waals surface area contributed by atoms with Crippen LogP contribution in [0.2, 0.25) is 0 Å². The second-order valence-electron chi connectivity index (χ2n) is 8.63. The third kappa shape index (κ3) is 5.81. The Hall–Kier alpha value is -3.95. The van der Waals surface area contributed by atoms with Gasteiger partial charge in [0, 0.05) is 31.5 Å². The van der Waals surface area contributed by atoms with Crippen LogP contribution in [0.5, 0.6) is 0 Å². The normalized spacial score (nSPS) is 13.6. The average molecular weight is 498 g/mol. The number of amides is 2. The highest BCUT2D eigenvalue weighted by Gasteiger charge is 2.34. The quantitative estimate of drug-likeness (QED) is 0.521. The van der Waals surface area contributed by atoms with Crippen molar-refractivity contribution in [2.24, 2.45) is 5.10 Å². The first-order valence-corrected chi connectivity index (χ1v) is 11.6. The molecular weight excluding hydrogens is 471 g/mol. The Kier molecular flexibility index (Phi) is 7.23. The van der Waals surface area contributed by atoms with Gasteiger partial charge < -0.3 is 5.32 Å². The second-order valence-corrected chi connectivity index (χ2v) is 8.63. The molecular formula is C26H26F3N5O2. The van der Waals surface area contributed by atoms with Crippen LogP contribution in [0.4, 0.5) is 13.2 Å². The van der Waals surface area contributed by atoms with E-state index in [4.69, 9.17) is 0 Å². The molecule has 1 aromatic heterocycles. The molecule has 36 heavy (non-hydrogen) atoms. The van der Waals surface area contributed by atoms with Crippen LogP contribution in [-0.4, -0.2) is 38.9 Å². The van der Waals surface area contributed by atoms with Crippen molar-refractivity contribution in [3.8, 4) is 5.69 Å². The van der Waals surface area contributed by atoms with Crippen molar-refractivity contribution >= 4 is 17.5 Å². The molecule has 1 aliphatic rings.